The Bertz CT molecular complexity index is 1140. The Morgan fingerprint density at radius 3 is 2.05 bits per heavy atom. The Kier molecular flexibility index (Phi) is 8.89. The number of allylic oxidation sites excluding steroid dienone is 2. The lowest BCUT2D eigenvalue weighted by atomic mass is 10.0. The lowest BCUT2D eigenvalue weighted by Crippen LogP contribution is -2.50. The third-order valence-corrected chi connectivity index (χ3v) is 7.05. The minimum absolute atomic E-state index is 0.00598. The van der Waals surface area contributed by atoms with E-state index in [0.717, 1.165) is 32.3 Å². The first kappa shape index (κ1) is 27.2. The van der Waals surface area contributed by atoms with Crippen molar-refractivity contribution >= 4 is 28.9 Å². The zero-order valence-electron chi connectivity index (χ0n) is 20.6. The molecular formula is C27H31ClF3N5O. The number of carbonyl (C=O) groups is 1. The van der Waals surface area contributed by atoms with Gasteiger partial charge in [-0.1, -0.05) is 35.9 Å². The molecule has 2 fully saturated rings. The van der Waals surface area contributed by atoms with Crippen LogP contribution < -0.4 is 5.73 Å². The molecule has 0 bridgehead atoms. The van der Waals surface area contributed by atoms with Crippen LogP contribution in [0.3, 0.4) is 0 Å². The fourth-order valence-corrected chi connectivity index (χ4v) is 4.69. The van der Waals surface area contributed by atoms with Crippen molar-refractivity contribution in [1.82, 2.24) is 14.7 Å². The molecule has 0 aliphatic carbocycles. The predicted molar refractivity (Wildman–Crippen MR) is 140 cm³/mol. The number of benzene rings is 2. The van der Waals surface area contributed by atoms with Crippen LogP contribution in [0.15, 0.2) is 65.3 Å². The molecule has 2 aliphatic rings. The summed E-state index contributed by atoms with van der Waals surface area (Å²) in [6, 6.07) is 13.0. The van der Waals surface area contributed by atoms with E-state index in [1.165, 1.54) is 25.9 Å². The maximum atomic E-state index is 13.1. The largest absolute Gasteiger partial charge is 0.430 e. The van der Waals surface area contributed by atoms with E-state index in [1.54, 1.807) is 48.5 Å². The number of halogens is 4. The molecule has 6 nitrogen and oxygen atoms in total. The number of alkyl halides is 3. The van der Waals surface area contributed by atoms with Crippen molar-refractivity contribution in [2.45, 2.75) is 19.0 Å². The minimum atomic E-state index is -4.70. The van der Waals surface area contributed by atoms with Crippen LogP contribution in [-0.2, 0) is 0 Å². The fraction of sp³-hybridized carbons (Fsp3) is 0.407. The van der Waals surface area contributed by atoms with Gasteiger partial charge < -0.3 is 15.5 Å². The molecule has 0 radical (unpaired) electrons. The van der Waals surface area contributed by atoms with Gasteiger partial charge in [-0.2, -0.15) is 13.2 Å². The number of hydrogen-bond acceptors (Lipinski definition) is 5. The number of piperazine rings is 1. The highest BCUT2D eigenvalue weighted by Crippen LogP contribution is 2.27. The molecule has 198 valence electrons. The second kappa shape index (κ2) is 12.1. The van der Waals surface area contributed by atoms with Gasteiger partial charge in [-0.15, -0.1) is 0 Å². The summed E-state index contributed by atoms with van der Waals surface area (Å²) in [5, 5.41) is 0.297. The van der Waals surface area contributed by atoms with Gasteiger partial charge in [0.05, 0.1) is 16.4 Å². The maximum absolute atomic E-state index is 13.1. The summed E-state index contributed by atoms with van der Waals surface area (Å²) in [6.07, 6.45) is -1.36. The summed E-state index contributed by atoms with van der Waals surface area (Å²) < 4.78 is 39.4. The predicted octanol–water partition coefficient (Wildman–Crippen LogP) is 4.72. The van der Waals surface area contributed by atoms with Crippen LogP contribution in [0.25, 0.3) is 0 Å². The number of para-hydroxylation sites is 1. The molecule has 2 N–H and O–H groups in total. The molecule has 2 aliphatic heterocycles. The first-order chi connectivity index (χ1) is 17.7. The maximum Gasteiger partial charge on any atom is 0.430 e. The molecule has 0 atom stereocenters. The van der Waals surface area contributed by atoms with Crippen LogP contribution >= 0.6 is 11.6 Å². The zero-order valence-corrected chi connectivity index (χ0v) is 21.3. The van der Waals surface area contributed by atoms with Gasteiger partial charge >= 0.3 is 6.18 Å². The van der Waals surface area contributed by atoms with E-state index in [1.807, 2.05) is 4.90 Å². The number of nitrogens with zero attached hydrogens (tertiary/aromatic N) is 4. The third kappa shape index (κ3) is 7.34. The number of carbonyl (C=O) groups excluding carboxylic acids is 1. The number of hydrogen-bond donors (Lipinski definition) is 1. The van der Waals surface area contributed by atoms with Crippen LogP contribution in [0.4, 0.5) is 18.9 Å². The van der Waals surface area contributed by atoms with Gasteiger partial charge in [-0.25, -0.2) is 4.99 Å². The van der Waals surface area contributed by atoms with Crippen LogP contribution in [0, 0.1) is 0 Å². The Morgan fingerprint density at radius 1 is 0.892 bits per heavy atom. The molecule has 0 spiro atoms. The first-order valence-electron chi connectivity index (χ1n) is 12.4. The first-order valence-corrected chi connectivity index (χ1v) is 12.8. The number of nitrogens with two attached hydrogens (primary N) is 1. The van der Waals surface area contributed by atoms with E-state index in [2.05, 4.69) is 14.8 Å². The van der Waals surface area contributed by atoms with Crippen LogP contribution in [0.2, 0.25) is 5.02 Å². The quantitative estimate of drug-likeness (QED) is 0.523. The van der Waals surface area contributed by atoms with E-state index in [0.29, 0.717) is 34.9 Å². The topological polar surface area (TPSA) is 65.2 Å². The normalized spacial score (nSPS) is 18.4. The second-order valence-electron chi connectivity index (χ2n) is 9.31. The average Bonchev–Trinajstić information content (AvgIpc) is 3.41. The second-order valence-corrected chi connectivity index (χ2v) is 9.71. The summed E-state index contributed by atoms with van der Waals surface area (Å²) in [4.78, 5) is 24.1. The van der Waals surface area contributed by atoms with Crippen molar-refractivity contribution in [3.05, 3.63) is 76.5 Å². The number of amides is 1. The molecule has 0 unspecified atom stereocenters. The molecular weight excluding hydrogens is 503 g/mol. The van der Waals surface area contributed by atoms with Crippen LogP contribution in [-0.4, -0.2) is 84.9 Å². The molecule has 2 aromatic carbocycles. The highest BCUT2D eigenvalue weighted by molar-refractivity contribution is 6.33. The summed E-state index contributed by atoms with van der Waals surface area (Å²) in [5.41, 5.74) is 5.17. The molecule has 2 heterocycles. The molecule has 2 aromatic rings. The zero-order chi connectivity index (χ0) is 26.4. The SMILES string of the molecule is NC(=CC(=Nc1ccccc1Cl)c1ccc(C(=O)N2CCN(CCN3CCCC3)CC2)cc1)C(F)(F)F. The van der Waals surface area contributed by atoms with Crippen molar-refractivity contribution < 1.29 is 18.0 Å². The standard InChI is InChI=1S/C27H31ClF3N5O/c28-22-5-1-2-6-23(22)33-24(19-25(32)27(29,30)31)20-7-9-21(10-8-20)26(37)36-17-15-35(16-18-36)14-13-34-11-3-4-12-34/h1-2,5-10,19H,3-4,11-18,32H2. The molecule has 0 aromatic heterocycles. The van der Waals surface area contributed by atoms with E-state index in [4.69, 9.17) is 17.3 Å². The molecule has 1 amide bonds. The smallest absolute Gasteiger partial charge is 0.395 e. The van der Waals surface area contributed by atoms with Crippen LogP contribution in [0.5, 0.6) is 0 Å². The molecule has 37 heavy (non-hydrogen) atoms. The lowest BCUT2D eigenvalue weighted by Gasteiger charge is -2.35. The van der Waals surface area contributed by atoms with Gasteiger partial charge in [0.15, 0.2) is 0 Å². The third-order valence-electron chi connectivity index (χ3n) is 6.73. The molecule has 2 saturated heterocycles. The monoisotopic (exact) mass is 533 g/mol. The number of aliphatic imine (C=N–C) groups is 1. The van der Waals surface area contributed by atoms with Gasteiger partial charge in [0.1, 0.15) is 5.70 Å². The molecule has 10 heteroatoms. The Morgan fingerprint density at radius 2 is 1.46 bits per heavy atom. The van der Waals surface area contributed by atoms with Crippen LogP contribution in [0.1, 0.15) is 28.8 Å². The average molecular weight is 534 g/mol. The van der Waals surface area contributed by atoms with Gasteiger partial charge in [0.25, 0.3) is 5.91 Å². The van der Waals surface area contributed by atoms with Crippen molar-refractivity contribution in [3.8, 4) is 0 Å². The summed E-state index contributed by atoms with van der Waals surface area (Å²) in [5.74, 6) is -0.0966. The lowest BCUT2D eigenvalue weighted by molar-refractivity contribution is -0.0925. The summed E-state index contributed by atoms with van der Waals surface area (Å²) in [7, 11) is 0. The van der Waals surface area contributed by atoms with E-state index < -0.39 is 11.9 Å². The highest BCUT2D eigenvalue weighted by atomic mass is 35.5. The Labute approximate surface area is 220 Å². The fourth-order valence-electron chi connectivity index (χ4n) is 4.51. The molecule has 0 saturated carbocycles. The van der Waals surface area contributed by atoms with Gasteiger partial charge in [0, 0.05) is 50.4 Å². The Hall–Kier alpha value is -2.88. The number of rotatable bonds is 7. The highest BCUT2D eigenvalue weighted by Gasteiger charge is 2.32. The van der Waals surface area contributed by atoms with Gasteiger partial charge in [-0.05, 0) is 56.3 Å². The molecule has 4 rings (SSSR count). The van der Waals surface area contributed by atoms with Gasteiger partial charge in [-0.3, -0.25) is 9.69 Å². The van der Waals surface area contributed by atoms with Crippen molar-refractivity contribution in [3.63, 3.8) is 0 Å². The van der Waals surface area contributed by atoms with Crippen molar-refractivity contribution in [1.29, 1.82) is 0 Å². The Balaban J connectivity index is 1.44. The summed E-state index contributed by atoms with van der Waals surface area (Å²) >= 11 is 6.16. The van der Waals surface area contributed by atoms with Gasteiger partial charge in [0.2, 0.25) is 0 Å². The van der Waals surface area contributed by atoms with Crippen molar-refractivity contribution in [2.24, 2.45) is 10.7 Å². The van der Waals surface area contributed by atoms with E-state index in [-0.39, 0.29) is 11.6 Å². The van der Waals surface area contributed by atoms with E-state index >= 15 is 0 Å². The minimum Gasteiger partial charge on any atom is -0.395 e. The number of likely N-dealkylation sites (tertiary alicyclic amines) is 1. The summed E-state index contributed by atoms with van der Waals surface area (Å²) in [6.45, 7) is 7.38. The van der Waals surface area contributed by atoms with E-state index in [9.17, 15) is 18.0 Å². The van der Waals surface area contributed by atoms with Crippen molar-refractivity contribution in [2.75, 3.05) is 52.4 Å².